The van der Waals surface area contributed by atoms with Crippen LogP contribution < -0.4 is 4.98 Å². The van der Waals surface area contributed by atoms with Gasteiger partial charge in [0.05, 0.1) is 16.7 Å². The maximum absolute atomic E-state index is 10.8. The molecule has 7 rings (SSSR count). The number of phenolic OH excluding ortho intramolecular Hbond substituents is 1. The summed E-state index contributed by atoms with van der Waals surface area (Å²) in [6.45, 7) is 4.35. The van der Waals surface area contributed by atoms with Crippen LogP contribution in [0, 0.1) is 0 Å². The zero-order valence-corrected chi connectivity index (χ0v) is 23.7. The topological polar surface area (TPSA) is 65.0 Å². The third-order valence-corrected chi connectivity index (χ3v) is 7.18. The van der Waals surface area contributed by atoms with Gasteiger partial charge in [0.25, 0.3) is 0 Å². The number of hydrogen-bond donors (Lipinski definition) is 1. The van der Waals surface area contributed by atoms with E-state index in [-0.39, 0.29) is 32.9 Å². The number of para-hydroxylation sites is 3. The van der Waals surface area contributed by atoms with Gasteiger partial charge in [0.15, 0.2) is 0 Å². The monoisotopic (exact) mass is 688 g/mol. The first-order valence-corrected chi connectivity index (χ1v) is 12.8. The molecule has 6 heteroatoms. The van der Waals surface area contributed by atoms with Crippen molar-refractivity contribution in [3.05, 3.63) is 103 Å². The van der Waals surface area contributed by atoms with E-state index in [1.54, 1.807) is 6.07 Å². The van der Waals surface area contributed by atoms with Crippen molar-refractivity contribution >= 4 is 32.8 Å². The van der Waals surface area contributed by atoms with E-state index in [0.717, 1.165) is 61.1 Å². The van der Waals surface area contributed by atoms with Gasteiger partial charge in [-0.15, -0.1) is 5.52 Å². The normalized spacial score (nSPS) is 11.5. The van der Waals surface area contributed by atoms with Gasteiger partial charge in [-0.25, -0.2) is 9.97 Å². The minimum Gasteiger partial charge on any atom is -0.663 e. The van der Waals surface area contributed by atoms with E-state index in [9.17, 15) is 5.11 Å². The molecule has 0 bridgehead atoms. The Labute approximate surface area is 240 Å². The Morgan fingerprint density at radius 1 is 0.744 bits per heavy atom. The molecule has 3 aromatic heterocycles. The number of hydrogen-bond acceptors (Lipinski definition) is 3. The molecule has 7 aromatic rings. The van der Waals surface area contributed by atoms with Crippen molar-refractivity contribution in [2.75, 3.05) is 0 Å². The Bertz CT molecular complexity index is 1970. The first-order chi connectivity index (χ1) is 18.6. The predicted octanol–water partition coefficient (Wildman–Crippen LogP) is 7.98. The second-order valence-electron chi connectivity index (χ2n) is 9.86. The summed E-state index contributed by atoms with van der Waals surface area (Å²) in [6.07, 6.45) is 1.85. The van der Waals surface area contributed by atoms with Gasteiger partial charge in [-0.1, -0.05) is 78.9 Å². The van der Waals surface area contributed by atoms with Crippen LogP contribution in [-0.2, 0) is 21.1 Å². The molecule has 0 aliphatic heterocycles. The quantitative estimate of drug-likeness (QED) is 0.204. The smallest absolute Gasteiger partial charge is 0.141 e. The van der Waals surface area contributed by atoms with E-state index in [2.05, 4.69) is 78.0 Å². The van der Waals surface area contributed by atoms with Crippen molar-refractivity contribution in [3.63, 3.8) is 0 Å². The summed E-state index contributed by atoms with van der Waals surface area (Å²) in [6, 6.07) is 32.6. The summed E-state index contributed by atoms with van der Waals surface area (Å²) in [5.74, 6) is 1.05. The van der Waals surface area contributed by atoms with Crippen molar-refractivity contribution in [3.8, 4) is 39.5 Å². The van der Waals surface area contributed by atoms with E-state index in [4.69, 9.17) is 9.97 Å². The SMILES string of the molecule is CC(C)n1c(-c2cccc3cc[n-]c23)nc2c(-c3cc(-c4ccccc4)c4cccc(O)c4n3)cccc21.[Pt]. The van der Waals surface area contributed by atoms with Crippen LogP contribution in [0.4, 0.5) is 0 Å². The number of aromatic nitrogens is 4. The Kier molecular flexibility index (Phi) is 6.32. The number of pyridine rings is 1. The number of phenols is 1. The van der Waals surface area contributed by atoms with Crippen LogP contribution in [0.25, 0.3) is 66.6 Å². The summed E-state index contributed by atoms with van der Waals surface area (Å²) in [7, 11) is 0. The zero-order chi connectivity index (χ0) is 25.8. The average molecular weight is 689 g/mol. The van der Waals surface area contributed by atoms with Gasteiger partial charge in [0, 0.05) is 43.6 Å². The molecule has 4 aromatic carbocycles. The first kappa shape index (κ1) is 25.1. The Hall–Kier alpha value is -4.21. The molecular weight excluding hydrogens is 663 g/mol. The molecule has 0 aliphatic carbocycles. The Balaban J connectivity index is 0.00000277. The van der Waals surface area contributed by atoms with Crippen LogP contribution in [0.5, 0.6) is 5.75 Å². The number of imidazole rings is 1. The Morgan fingerprint density at radius 3 is 2.33 bits per heavy atom. The fourth-order valence-corrected chi connectivity index (χ4v) is 5.48. The second-order valence-corrected chi connectivity index (χ2v) is 9.86. The third kappa shape index (κ3) is 4.05. The standard InChI is InChI=1S/C33H25N4O.Pt/c1-20(2)37-28-15-7-13-24(31(28)36-33(37)25-14-6-11-22-17-18-34-30(22)25)27-19-26(21-9-4-3-5-10-21)23-12-8-16-29(38)32(23)35-27;/h3-20H,1-2H3,(H-,34,35,36,38);/q-1;. The molecule has 0 radical (unpaired) electrons. The van der Waals surface area contributed by atoms with Crippen LogP contribution in [0.3, 0.4) is 0 Å². The molecule has 194 valence electrons. The van der Waals surface area contributed by atoms with Gasteiger partial charge in [-0.2, -0.15) is 6.20 Å². The summed E-state index contributed by atoms with van der Waals surface area (Å²) in [5, 5.41) is 12.8. The molecule has 1 N–H and O–H groups in total. The summed E-state index contributed by atoms with van der Waals surface area (Å²) >= 11 is 0. The molecule has 0 saturated carbocycles. The molecule has 0 fully saturated rings. The molecule has 3 heterocycles. The van der Waals surface area contributed by atoms with Crippen molar-refractivity contribution in [1.82, 2.24) is 19.5 Å². The van der Waals surface area contributed by atoms with Crippen molar-refractivity contribution in [2.24, 2.45) is 0 Å². The third-order valence-electron chi connectivity index (χ3n) is 7.18. The molecule has 39 heavy (non-hydrogen) atoms. The van der Waals surface area contributed by atoms with Gasteiger partial charge < -0.3 is 14.7 Å². The predicted molar refractivity (Wildman–Crippen MR) is 154 cm³/mol. The van der Waals surface area contributed by atoms with E-state index in [0.29, 0.717) is 5.52 Å². The van der Waals surface area contributed by atoms with Gasteiger partial charge >= 0.3 is 0 Å². The summed E-state index contributed by atoms with van der Waals surface area (Å²) in [4.78, 5) is 14.8. The summed E-state index contributed by atoms with van der Waals surface area (Å²) in [5.41, 5.74) is 8.24. The van der Waals surface area contributed by atoms with Gasteiger partial charge in [0.2, 0.25) is 0 Å². The van der Waals surface area contributed by atoms with E-state index < -0.39 is 0 Å². The number of fused-ring (bicyclic) bond motifs is 3. The molecule has 0 unspecified atom stereocenters. The van der Waals surface area contributed by atoms with Crippen LogP contribution in [0.2, 0.25) is 0 Å². The Morgan fingerprint density at radius 2 is 1.51 bits per heavy atom. The fraction of sp³-hybridized carbons (Fsp3) is 0.0909. The van der Waals surface area contributed by atoms with Crippen LogP contribution >= 0.6 is 0 Å². The fourth-order valence-electron chi connectivity index (χ4n) is 5.48. The maximum atomic E-state index is 10.8. The van der Waals surface area contributed by atoms with Crippen molar-refractivity contribution in [1.29, 1.82) is 0 Å². The second kappa shape index (κ2) is 9.83. The minimum absolute atomic E-state index is 0. The van der Waals surface area contributed by atoms with Crippen LogP contribution in [0.15, 0.2) is 103 Å². The molecule has 5 nitrogen and oxygen atoms in total. The molecular formula is C33H25N4OPt-. The zero-order valence-electron chi connectivity index (χ0n) is 21.4. The van der Waals surface area contributed by atoms with E-state index in [1.165, 1.54) is 0 Å². The largest absolute Gasteiger partial charge is 0.663 e. The number of rotatable bonds is 4. The minimum atomic E-state index is 0. The number of nitrogens with zero attached hydrogens (tertiary/aromatic N) is 4. The molecule has 0 saturated heterocycles. The van der Waals surface area contributed by atoms with Crippen molar-refractivity contribution < 1.29 is 26.2 Å². The van der Waals surface area contributed by atoms with Crippen LogP contribution in [0.1, 0.15) is 19.9 Å². The maximum Gasteiger partial charge on any atom is 0.141 e. The summed E-state index contributed by atoms with van der Waals surface area (Å²) < 4.78 is 2.28. The molecule has 0 spiro atoms. The molecule has 0 aliphatic rings. The van der Waals surface area contributed by atoms with Gasteiger partial charge in [-0.3, -0.25) is 0 Å². The van der Waals surface area contributed by atoms with Crippen LogP contribution in [-0.4, -0.2) is 19.6 Å². The molecule has 0 amide bonds. The first-order valence-electron chi connectivity index (χ1n) is 12.8. The van der Waals surface area contributed by atoms with E-state index >= 15 is 0 Å². The number of aromatic hydroxyl groups is 1. The van der Waals surface area contributed by atoms with Gasteiger partial charge in [-0.05, 0) is 48.6 Å². The van der Waals surface area contributed by atoms with E-state index in [1.807, 2.05) is 42.6 Å². The number of benzene rings is 4. The van der Waals surface area contributed by atoms with Gasteiger partial charge in [0.1, 0.15) is 17.1 Å². The average Bonchev–Trinajstić information content (AvgIpc) is 3.58. The molecule has 0 atom stereocenters. The van der Waals surface area contributed by atoms with Crippen molar-refractivity contribution in [2.45, 2.75) is 19.9 Å².